The highest BCUT2D eigenvalue weighted by atomic mass is 35.5. The molecule has 1 rings (SSSR count). The summed E-state index contributed by atoms with van der Waals surface area (Å²) in [6, 6.07) is 5.28. The third kappa shape index (κ3) is 1.27. The van der Waals surface area contributed by atoms with Crippen LogP contribution in [-0.4, -0.2) is 15.0 Å². The van der Waals surface area contributed by atoms with Crippen LogP contribution in [0.25, 0.3) is 0 Å². The van der Waals surface area contributed by atoms with Crippen molar-refractivity contribution in [2.24, 2.45) is 0 Å². The van der Waals surface area contributed by atoms with Crippen LogP contribution in [0.2, 0.25) is 5.02 Å². The van der Waals surface area contributed by atoms with E-state index in [1.807, 2.05) is 0 Å². The van der Waals surface area contributed by atoms with E-state index in [0.29, 0.717) is 16.2 Å². The summed E-state index contributed by atoms with van der Waals surface area (Å²) >= 11 is 5.69. The molecule has 0 atom stereocenters. The lowest BCUT2D eigenvalue weighted by Gasteiger charge is -2.04. The van der Waals surface area contributed by atoms with Crippen LogP contribution < -0.4 is 10.2 Å². The second kappa shape index (κ2) is 2.97. The Balaban J connectivity index is 3.14. The minimum atomic E-state index is 0.492. The van der Waals surface area contributed by atoms with E-state index in [2.05, 4.69) is 0 Å². The molecule has 0 unspecified atom stereocenters. The van der Waals surface area contributed by atoms with Crippen LogP contribution in [0.4, 0.5) is 0 Å². The first kappa shape index (κ1) is 7.48. The fraction of sp³-hybridized carbons (Fsp3) is 0.143. The van der Waals surface area contributed by atoms with Gasteiger partial charge >= 0.3 is 0 Å². The zero-order valence-corrected chi connectivity index (χ0v) is 6.35. The van der Waals surface area contributed by atoms with Crippen LogP contribution in [0.3, 0.4) is 0 Å². The van der Waals surface area contributed by atoms with Crippen molar-refractivity contribution in [1.82, 2.24) is 0 Å². The van der Waals surface area contributed by atoms with Gasteiger partial charge in [-0.2, -0.15) is 0 Å². The molecular formula is C7H6BClO. The van der Waals surface area contributed by atoms with Crippen LogP contribution in [0, 0.1) is 0 Å². The Morgan fingerprint density at radius 3 is 2.70 bits per heavy atom. The molecule has 50 valence electrons. The lowest BCUT2D eigenvalue weighted by atomic mass is 9.95. The Labute approximate surface area is 66.4 Å². The van der Waals surface area contributed by atoms with Gasteiger partial charge in [-0.1, -0.05) is 17.7 Å². The predicted molar refractivity (Wildman–Crippen MR) is 43.4 cm³/mol. The second-order valence-corrected chi connectivity index (χ2v) is 2.26. The summed E-state index contributed by atoms with van der Waals surface area (Å²) in [5, 5.41) is 0.527. The molecule has 0 saturated carbocycles. The molecule has 0 heterocycles. The Kier molecular flexibility index (Phi) is 2.23. The van der Waals surface area contributed by atoms with E-state index in [9.17, 15) is 0 Å². The first-order chi connectivity index (χ1) is 4.75. The van der Waals surface area contributed by atoms with Crippen LogP contribution in [0.5, 0.6) is 5.75 Å². The van der Waals surface area contributed by atoms with Crippen molar-refractivity contribution in [2.75, 3.05) is 7.11 Å². The standard InChI is InChI=1S/C7H6BClO/c1-10-6-4-2-3-5(9)7(6)8/h2-4H,1H3. The van der Waals surface area contributed by atoms with Crippen molar-refractivity contribution in [3.05, 3.63) is 23.2 Å². The lowest BCUT2D eigenvalue weighted by Crippen LogP contribution is -2.07. The molecule has 0 amide bonds. The van der Waals surface area contributed by atoms with Crippen molar-refractivity contribution < 1.29 is 4.74 Å². The molecule has 0 spiro atoms. The fourth-order valence-corrected chi connectivity index (χ4v) is 0.861. The predicted octanol–water partition coefficient (Wildman–Crippen LogP) is 1.14. The molecular weight excluding hydrogens is 146 g/mol. The maximum absolute atomic E-state index is 5.69. The van der Waals surface area contributed by atoms with Gasteiger partial charge in [-0.05, 0) is 17.6 Å². The minimum Gasteiger partial charge on any atom is -0.497 e. The van der Waals surface area contributed by atoms with Crippen molar-refractivity contribution in [2.45, 2.75) is 0 Å². The van der Waals surface area contributed by atoms with Crippen LogP contribution >= 0.6 is 11.6 Å². The summed E-state index contributed by atoms with van der Waals surface area (Å²) in [5.74, 6) is 0.618. The van der Waals surface area contributed by atoms with Crippen molar-refractivity contribution >= 4 is 24.9 Å². The Hall–Kier alpha value is -0.625. The maximum atomic E-state index is 5.69. The highest BCUT2D eigenvalue weighted by Crippen LogP contribution is 2.11. The molecule has 3 heteroatoms. The van der Waals surface area contributed by atoms with Gasteiger partial charge in [0.05, 0.1) is 7.11 Å². The summed E-state index contributed by atoms with van der Waals surface area (Å²) in [6.45, 7) is 0. The Bertz CT molecular complexity index is 237. The van der Waals surface area contributed by atoms with Gasteiger partial charge in [0.15, 0.2) is 0 Å². The molecule has 0 fully saturated rings. The van der Waals surface area contributed by atoms with E-state index in [1.165, 1.54) is 0 Å². The Morgan fingerprint density at radius 1 is 1.50 bits per heavy atom. The van der Waals surface area contributed by atoms with E-state index >= 15 is 0 Å². The van der Waals surface area contributed by atoms with Gasteiger partial charge in [0.25, 0.3) is 0 Å². The van der Waals surface area contributed by atoms with Crippen LogP contribution in [-0.2, 0) is 0 Å². The van der Waals surface area contributed by atoms with Crippen molar-refractivity contribution in [3.63, 3.8) is 0 Å². The molecule has 1 nitrogen and oxygen atoms in total. The molecule has 0 aliphatic heterocycles. The van der Waals surface area contributed by atoms with Gasteiger partial charge in [-0.3, -0.25) is 0 Å². The molecule has 0 N–H and O–H groups in total. The van der Waals surface area contributed by atoms with Crippen LogP contribution in [0.1, 0.15) is 0 Å². The van der Waals surface area contributed by atoms with Crippen molar-refractivity contribution in [1.29, 1.82) is 0 Å². The number of halogens is 1. The average molecular weight is 152 g/mol. The summed E-state index contributed by atoms with van der Waals surface area (Å²) < 4.78 is 4.92. The summed E-state index contributed by atoms with van der Waals surface area (Å²) in [5.41, 5.74) is 0.492. The average Bonchev–Trinajstić information content (AvgIpc) is 1.95. The molecule has 0 saturated heterocycles. The highest BCUT2D eigenvalue weighted by molar-refractivity contribution is 6.46. The number of benzene rings is 1. The number of rotatable bonds is 1. The van der Waals surface area contributed by atoms with E-state index in [-0.39, 0.29) is 0 Å². The molecule has 0 aliphatic carbocycles. The van der Waals surface area contributed by atoms with Crippen molar-refractivity contribution in [3.8, 4) is 5.75 Å². The summed E-state index contributed by atoms with van der Waals surface area (Å²) in [4.78, 5) is 0. The van der Waals surface area contributed by atoms with E-state index < -0.39 is 0 Å². The second-order valence-electron chi connectivity index (χ2n) is 1.86. The first-order valence-electron chi connectivity index (χ1n) is 2.83. The van der Waals surface area contributed by atoms with E-state index in [1.54, 1.807) is 25.3 Å². The monoisotopic (exact) mass is 152 g/mol. The number of ether oxygens (including phenoxy) is 1. The fourth-order valence-electron chi connectivity index (χ4n) is 0.695. The summed E-state index contributed by atoms with van der Waals surface area (Å²) in [7, 11) is 7.09. The molecule has 2 radical (unpaired) electrons. The largest absolute Gasteiger partial charge is 0.497 e. The Morgan fingerprint density at radius 2 is 2.20 bits per heavy atom. The normalized spacial score (nSPS) is 9.40. The zero-order valence-electron chi connectivity index (χ0n) is 5.60. The number of methoxy groups -OCH3 is 1. The molecule has 1 aromatic carbocycles. The lowest BCUT2D eigenvalue weighted by molar-refractivity contribution is 0.418. The highest BCUT2D eigenvalue weighted by Gasteiger charge is 1.98. The maximum Gasteiger partial charge on any atom is 0.121 e. The smallest absolute Gasteiger partial charge is 0.121 e. The van der Waals surface area contributed by atoms with Gasteiger partial charge in [0, 0.05) is 5.02 Å². The first-order valence-corrected chi connectivity index (χ1v) is 3.21. The van der Waals surface area contributed by atoms with Gasteiger partial charge < -0.3 is 4.74 Å². The number of hydrogen-bond donors (Lipinski definition) is 0. The minimum absolute atomic E-state index is 0.492. The molecule has 0 bridgehead atoms. The zero-order chi connectivity index (χ0) is 7.56. The topological polar surface area (TPSA) is 9.23 Å². The van der Waals surface area contributed by atoms with Crippen LogP contribution in [0.15, 0.2) is 18.2 Å². The van der Waals surface area contributed by atoms with E-state index in [4.69, 9.17) is 24.2 Å². The molecule has 10 heavy (non-hydrogen) atoms. The van der Waals surface area contributed by atoms with Gasteiger partial charge in [-0.25, -0.2) is 0 Å². The molecule has 0 aliphatic rings. The molecule has 1 aromatic rings. The van der Waals surface area contributed by atoms with Gasteiger partial charge in [0.2, 0.25) is 0 Å². The van der Waals surface area contributed by atoms with Gasteiger partial charge in [-0.15, -0.1) is 0 Å². The molecule has 0 aromatic heterocycles. The third-order valence-electron chi connectivity index (χ3n) is 1.23. The van der Waals surface area contributed by atoms with Gasteiger partial charge in [0.1, 0.15) is 13.6 Å². The SMILES string of the molecule is [B]c1c(Cl)cccc1OC. The summed E-state index contributed by atoms with van der Waals surface area (Å²) in [6.07, 6.45) is 0. The van der Waals surface area contributed by atoms with E-state index in [0.717, 1.165) is 0 Å². The number of hydrogen-bond acceptors (Lipinski definition) is 1. The quantitative estimate of drug-likeness (QED) is 0.549. The third-order valence-corrected chi connectivity index (χ3v) is 1.56.